The van der Waals surface area contributed by atoms with E-state index >= 15 is 0 Å². The Labute approximate surface area is 89.0 Å². The Hall–Kier alpha value is -2.03. The Morgan fingerprint density at radius 3 is 2.13 bits per heavy atom. The van der Waals surface area contributed by atoms with Crippen molar-refractivity contribution in [3.63, 3.8) is 0 Å². The van der Waals surface area contributed by atoms with Crippen LogP contribution in [0.15, 0.2) is 48.6 Å². The molecule has 80 valence electrons. The predicted octanol–water partition coefficient (Wildman–Crippen LogP) is 3.50. The third kappa shape index (κ3) is 9.89. The van der Waals surface area contributed by atoms with Crippen molar-refractivity contribution in [2.75, 3.05) is 0 Å². The molecule has 0 amide bonds. The summed E-state index contributed by atoms with van der Waals surface area (Å²) in [5.41, 5.74) is 1.24. The molecule has 0 aliphatic heterocycles. The van der Waals surface area contributed by atoms with Crippen molar-refractivity contribution in [2.24, 2.45) is 0 Å². The molecule has 0 unspecified atom stereocenters. The van der Waals surface area contributed by atoms with E-state index in [1.54, 1.807) is 0 Å². The Bertz CT molecular complexity index is 322. The number of hydrogen-bond donors (Lipinski definition) is 2. The van der Waals surface area contributed by atoms with Crippen LogP contribution in [0.25, 0.3) is 6.08 Å². The van der Waals surface area contributed by atoms with Gasteiger partial charge < -0.3 is 10.2 Å². The molecule has 0 saturated carbocycles. The second kappa shape index (κ2) is 8.56. The summed E-state index contributed by atoms with van der Waals surface area (Å²) in [5, 5.41) is 13.9. The maximum atomic E-state index is 8.56. The minimum absolute atomic E-state index is 1.24. The van der Waals surface area contributed by atoms with Gasteiger partial charge in [0.1, 0.15) is 0 Å². The number of benzene rings is 1. The van der Waals surface area contributed by atoms with E-state index < -0.39 is 6.16 Å². The summed E-state index contributed by atoms with van der Waals surface area (Å²) >= 11 is 0. The van der Waals surface area contributed by atoms with Crippen molar-refractivity contribution in [3.8, 4) is 0 Å². The molecule has 0 aromatic heterocycles. The van der Waals surface area contributed by atoms with E-state index in [-0.39, 0.29) is 0 Å². The average molecular weight is 206 g/mol. The standard InChI is InChI=1S/C11H12.CH2O3/c1-2-3-5-8-11-9-6-4-7-10-11;2-1(3)4/h2-10H,1H3;(H2,2,3,4). The number of rotatable bonds is 2. The van der Waals surface area contributed by atoms with Crippen molar-refractivity contribution in [1.29, 1.82) is 0 Å². The van der Waals surface area contributed by atoms with Crippen LogP contribution in [0.2, 0.25) is 0 Å². The fourth-order valence-electron chi connectivity index (χ4n) is 0.842. The zero-order chi connectivity index (χ0) is 11.5. The SMILES string of the molecule is CC=CC=Cc1ccccc1.O=C(O)O. The first-order valence-electron chi connectivity index (χ1n) is 4.43. The van der Waals surface area contributed by atoms with Crippen LogP contribution in [-0.4, -0.2) is 16.4 Å². The van der Waals surface area contributed by atoms with Gasteiger partial charge in [0.15, 0.2) is 0 Å². The fraction of sp³-hybridized carbons (Fsp3) is 0.0833. The first-order valence-corrected chi connectivity index (χ1v) is 4.43. The van der Waals surface area contributed by atoms with Crippen molar-refractivity contribution in [2.45, 2.75) is 6.92 Å². The van der Waals surface area contributed by atoms with Gasteiger partial charge in [-0.2, -0.15) is 0 Å². The van der Waals surface area contributed by atoms with E-state index in [1.807, 2.05) is 43.4 Å². The molecular weight excluding hydrogens is 192 g/mol. The molecule has 3 nitrogen and oxygen atoms in total. The van der Waals surface area contributed by atoms with Gasteiger partial charge in [0.05, 0.1) is 0 Å². The molecule has 1 aromatic carbocycles. The molecule has 0 saturated heterocycles. The number of allylic oxidation sites excluding steroid dienone is 3. The van der Waals surface area contributed by atoms with Gasteiger partial charge in [-0.05, 0) is 12.5 Å². The zero-order valence-electron chi connectivity index (χ0n) is 8.50. The van der Waals surface area contributed by atoms with Crippen molar-refractivity contribution < 1.29 is 15.0 Å². The lowest BCUT2D eigenvalue weighted by Crippen LogP contribution is -1.81. The van der Waals surface area contributed by atoms with E-state index in [9.17, 15) is 0 Å². The highest BCUT2D eigenvalue weighted by atomic mass is 16.6. The lowest BCUT2D eigenvalue weighted by atomic mass is 10.2. The number of carbonyl (C=O) groups is 1. The van der Waals surface area contributed by atoms with E-state index in [4.69, 9.17) is 15.0 Å². The molecule has 0 atom stereocenters. The van der Waals surface area contributed by atoms with Crippen LogP contribution >= 0.6 is 0 Å². The van der Waals surface area contributed by atoms with Crippen LogP contribution in [0, 0.1) is 0 Å². The maximum Gasteiger partial charge on any atom is 0.503 e. The van der Waals surface area contributed by atoms with Gasteiger partial charge in [-0.15, -0.1) is 0 Å². The van der Waals surface area contributed by atoms with Gasteiger partial charge in [-0.3, -0.25) is 0 Å². The highest BCUT2D eigenvalue weighted by molar-refractivity contribution is 5.53. The molecule has 2 N–H and O–H groups in total. The fourth-order valence-corrected chi connectivity index (χ4v) is 0.842. The largest absolute Gasteiger partial charge is 0.503 e. The van der Waals surface area contributed by atoms with Gasteiger partial charge in [0.2, 0.25) is 0 Å². The zero-order valence-corrected chi connectivity index (χ0v) is 8.50. The Morgan fingerprint density at radius 2 is 1.67 bits per heavy atom. The molecule has 0 aliphatic rings. The topological polar surface area (TPSA) is 57.5 Å². The van der Waals surface area contributed by atoms with E-state index in [0.717, 1.165) is 0 Å². The maximum absolute atomic E-state index is 8.56. The summed E-state index contributed by atoms with van der Waals surface area (Å²) < 4.78 is 0. The normalized spacial score (nSPS) is 9.93. The first-order chi connectivity index (χ1) is 7.16. The molecule has 0 radical (unpaired) electrons. The molecule has 0 bridgehead atoms. The van der Waals surface area contributed by atoms with E-state index in [1.165, 1.54) is 5.56 Å². The molecule has 3 heteroatoms. The molecule has 0 heterocycles. The molecule has 0 aliphatic carbocycles. The van der Waals surface area contributed by atoms with Crippen LogP contribution in [0.4, 0.5) is 4.79 Å². The monoisotopic (exact) mass is 206 g/mol. The Morgan fingerprint density at radius 1 is 1.13 bits per heavy atom. The number of hydrogen-bond acceptors (Lipinski definition) is 1. The third-order valence-electron chi connectivity index (χ3n) is 1.39. The summed E-state index contributed by atoms with van der Waals surface area (Å²) in [7, 11) is 0. The van der Waals surface area contributed by atoms with E-state index in [2.05, 4.69) is 18.2 Å². The van der Waals surface area contributed by atoms with Gasteiger partial charge in [-0.25, -0.2) is 4.79 Å². The summed E-state index contributed by atoms with van der Waals surface area (Å²) in [4.78, 5) is 8.56. The second-order valence-electron chi connectivity index (χ2n) is 2.58. The lowest BCUT2D eigenvalue weighted by Gasteiger charge is -1.87. The van der Waals surface area contributed by atoms with E-state index in [0.29, 0.717) is 0 Å². The second-order valence-corrected chi connectivity index (χ2v) is 2.58. The van der Waals surface area contributed by atoms with Crippen molar-refractivity contribution in [1.82, 2.24) is 0 Å². The average Bonchev–Trinajstić information content (AvgIpc) is 2.19. The van der Waals surface area contributed by atoms with Crippen LogP contribution in [0.3, 0.4) is 0 Å². The highest BCUT2D eigenvalue weighted by Gasteiger charge is 1.78. The summed E-state index contributed by atoms with van der Waals surface area (Å²) in [6, 6.07) is 10.3. The smallest absolute Gasteiger partial charge is 0.450 e. The van der Waals surface area contributed by atoms with Gasteiger partial charge in [-0.1, -0.05) is 54.6 Å². The molecule has 0 fully saturated rings. The quantitative estimate of drug-likeness (QED) is 0.728. The van der Waals surface area contributed by atoms with Gasteiger partial charge in [0.25, 0.3) is 0 Å². The minimum atomic E-state index is -1.83. The van der Waals surface area contributed by atoms with Gasteiger partial charge >= 0.3 is 6.16 Å². The molecular formula is C12H14O3. The van der Waals surface area contributed by atoms with Crippen LogP contribution in [0.1, 0.15) is 12.5 Å². The van der Waals surface area contributed by atoms with Gasteiger partial charge in [0, 0.05) is 0 Å². The van der Waals surface area contributed by atoms with Crippen molar-refractivity contribution in [3.05, 3.63) is 54.1 Å². The van der Waals surface area contributed by atoms with Crippen LogP contribution in [-0.2, 0) is 0 Å². The summed E-state index contributed by atoms with van der Waals surface area (Å²) in [5.74, 6) is 0. The van der Waals surface area contributed by atoms with Crippen LogP contribution in [0.5, 0.6) is 0 Å². The number of carboxylic acid groups (broad SMARTS) is 2. The minimum Gasteiger partial charge on any atom is -0.450 e. The Balaban J connectivity index is 0.000000423. The molecule has 15 heavy (non-hydrogen) atoms. The summed E-state index contributed by atoms with van der Waals surface area (Å²) in [6.45, 7) is 2.01. The third-order valence-corrected chi connectivity index (χ3v) is 1.39. The molecule has 1 aromatic rings. The first kappa shape index (κ1) is 13.0. The summed E-state index contributed by atoms with van der Waals surface area (Å²) in [6.07, 6.45) is 6.32. The lowest BCUT2D eigenvalue weighted by molar-refractivity contribution is 0.137. The molecule has 1 rings (SSSR count). The van der Waals surface area contributed by atoms with Crippen molar-refractivity contribution >= 4 is 12.2 Å². The highest BCUT2D eigenvalue weighted by Crippen LogP contribution is 2.00. The Kier molecular flexibility index (Phi) is 7.40. The predicted molar refractivity (Wildman–Crippen MR) is 60.9 cm³/mol. The molecule has 0 spiro atoms. The van der Waals surface area contributed by atoms with Crippen LogP contribution < -0.4 is 0 Å².